The van der Waals surface area contributed by atoms with E-state index in [-0.39, 0.29) is 57.4 Å². The van der Waals surface area contributed by atoms with Crippen LogP contribution in [0.5, 0.6) is 0 Å². The number of ether oxygens (including phenoxy) is 2. The van der Waals surface area contributed by atoms with Crippen molar-refractivity contribution in [2.75, 3.05) is 40.0 Å². The van der Waals surface area contributed by atoms with Crippen molar-refractivity contribution >= 4 is 0 Å². The summed E-state index contributed by atoms with van der Waals surface area (Å²) < 4.78 is 12.5. The van der Waals surface area contributed by atoms with Crippen LogP contribution in [0.2, 0.25) is 0 Å². The average molecular weight is 507 g/mol. The number of hydrogen-bond donors (Lipinski definition) is 1. The SMILES string of the molecule is CC.C\C=C/C(=C\C=C\CC)C1C=[C-]N(/C(=C\[CH-]n2ccc(CCOC)n2)N2CCOCC2)N1.[K+]. The zero-order chi connectivity index (χ0) is 24.6. The van der Waals surface area contributed by atoms with Crippen molar-refractivity contribution in [3.05, 3.63) is 84.6 Å². The maximum Gasteiger partial charge on any atom is 1.00 e. The van der Waals surface area contributed by atoms with E-state index in [1.165, 1.54) is 5.57 Å². The second-order valence-corrected chi connectivity index (χ2v) is 7.54. The van der Waals surface area contributed by atoms with Crippen LogP contribution in [0.1, 0.15) is 39.8 Å². The van der Waals surface area contributed by atoms with Crippen LogP contribution in [0.4, 0.5) is 0 Å². The summed E-state index contributed by atoms with van der Waals surface area (Å²) in [5.41, 5.74) is 5.76. The summed E-state index contributed by atoms with van der Waals surface area (Å²) in [6.07, 6.45) is 21.9. The van der Waals surface area contributed by atoms with Crippen LogP contribution < -0.4 is 56.8 Å². The van der Waals surface area contributed by atoms with Gasteiger partial charge in [-0.25, -0.2) is 5.43 Å². The van der Waals surface area contributed by atoms with Crippen LogP contribution in [0, 0.1) is 12.7 Å². The zero-order valence-corrected chi connectivity index (χ0v) is 25.5. The molecule has 188 valence electrons. The van der Waals surface area contributed by atoms with E-state index >= 15 is 0 Å². The van der Waals surface area contributed by atoms with Crippen molar-refractivity contribution in [1.29, 1.82) is 0 Å². The Morgan fingerprint density at radius 1 is 1.34 bits per heavy atom. The normalized spacial score (nSPS) is 18.7. The first-order valence-corrected chi connectivity index (χ1v) is 12.3. The molecule has 0 amide bonds. The van der Waals surface area contributed by atoms with Gasteiger partial charge in [0.2, 0.25) is 0 Å². The van der Waals surface area contributed by atoms with E-state index < -0.39 is 0 Å². The van der Waals surface area contributed by atoms with Gasteiger partial charge in [-0.15, -0.1) is 18.4 Å². The molecule has 3 rings (SSSR count). The van der Waals surface area contributed by atoms with Gasteiger partial charge < -0.3 is 24.1 Å². The summed E-state index contributed by atoms with van der Waals surface area (Å²) in [6, 6.07) is 2.08. The minimum atomic E-state index is 0. The molecule has 0 aromatic carbocycles. The number of nitrogens with zero attached hydrogens (tertiary/aromatic N) is 4. The largest absolute Gasteiger partial charge is 1.00 e. The Kier molecular flexibility index (Phi) is 17.4. The van der Waals surface area contributed by atoms with Gasteiger partial charge in [0.1, 0.15) is 0 Å². The Bertz CT molecular complexity index is 854. The van der Waals surface area contributed by atoms with E-state index in [2.05, 4.69) is 71.1 Å². The second-order valence-electron chi connectivity index (χ2n) is 7.54. The van der Waals surface area contributed by atoms with Gasteiger partial charge in [-0.3, -0.25) is 0 Å². The minimum absolute atomic E-state index is 0. The maximum absolute atomic E-state index is 5.56. The Hall–Kier alpha value is -1.10. The molecule has 0 aliphatic carbocycles. The molecule has 7 nitrogen and oxygen atoms in total. The number of hydrogen-bond acceptors (Lipinski definition) is 6. The maximum atomic E-state index is 5.56. The topological polar surface area (TPSA) is 54.8 Å². The van der Waals surface area contributed by atoms with Gasteiger partial charge in [0.25, 0.3) is 0 Å². The van der Waals surface area contributed by atoms with E-state index in [0.29, 0.717) is 19.8 Å². The smallest absolute Gasteiger partial charge is 0.409 e. The monoisotopic (exact) mass is 506 g/mol. The van der Waals surface area contributed by atoms with Crippen LogP contribution >= 0.6 is 0 Å². The van der Waals surface area contributed by atoms with Gasteiger partial charge in [0, 0.05) is 32.4 Å². The Morgan fingerprint density at radius 2 is 2.11 bits per heavy atom. The van der Waals surface area contributed by atoms with E-state index in [4.69, 9.17) is 9.47 Å². The van der Waals surface area contributed by atoms with Crippen molar-refractivity contribution in [3.8, 4) is 0 Å². The molecule has 1 aromatic rings. The van der Waals surface area contributed by atoms with Crippen molar-refractivity contribution in [2.45, 2.75) is 46.6 Å². The zero-order valence-electron chi connectivity index (χ0n) is 22.4. The van der Waals surface area contributed by atoms with Gasteiger partial charge in [-0.1, -0.05) is 70.0 Å². The molecule has 35 heavy (non-hydrogen) atoms. The van der Waals surface area contributed by atoms with E-state index in [1.807, 2.05) is 49.3 Å². The average Bonchev–Trinajstić information content (AvgIpc) is 3.55. The summed E-state index contributed by atoms with van der Waals surface area (Å²) in [7, 11) is 1.71. The molecular weight excluding hydrogens is 465 g/mol. The molecule has 8 heteroatoms. The predicted molar refractivity (Wildman–Crippen MR) is 138 cm³/mol. The number of morpholine rings is 1. The predicted octanol–water partition coefficient (Wildman–Crippen LogP) is 1.26. The first-order chi connectivity index (χ1) is 16.7. The molecule has 1 atom stereocenters. The number of rotatable bonds is 11. The van der Waals surface area contributed by atoms with Crippen molar-refractivity contribution in [1.82, 2.24) is 25.1 Å². The molecule has 0 saturated carbocycles. The quantitative estimate of drug-likeness (QED) is 0.277. The van der Waals surface area contributed by atoms with E-state index in [9.17, 15) is 0 Å². The van der Waals surface area contributed by atoms with Gasteiger partial charge in [0.05, 0.1) is 31.6 Å². The Morgan fingerprint density at radius 3 is 2.80 bits per heavy atom. The molecule has 1 saturated heterocycles. The van der Waals surface area contributed by atoms with E-state index in [1.54, 1.807) is 7.11 Å². The van der Waals surface area contributed by atoms with Crippen LogP contribution in [0.15, 0.2) is 66.2 Å². The number of nitrogens with one attached hydrogen (secondary N) is 1. The second kappa shape index (κ2) is 19.1. The Labute approximate surface area is 255 Å². The molecule has 2 aliphatic heterocycles. The van der Waals surface area contributed by atoms with Crippen LogP contribution in [-0.2, 0) is 15.9 Å². The third-order valence-electron chi connectivity index (χ3n) is 5.18. The molecular formula is C27H41KN5O2-. The number of methoxy groups -OCH3 is 1. The van der Waals surface area contributed by atoms with Crippen LogP contribution in [0.25, 0.3) is 0 Å². The van der Waals surface area contributed by atoms with E-state index in [0.717, 1.165) is 37.4 Å². The molecule has 1 fully saturated rings. The van der Waals surface area contributed by atoms with Crippen LogP contribution in [0.3, 0.4) is 0 Å². The third kappa shape index (κ3) is 10.8. The van der Waals surface area contributed by atoms with Crippen molar-refractivity contribution < 1.29 is 60.9 Å². The fourth-order valence-corrected chi connectivity index (χ4v) is 3.49. The molecule has 3 heterocycles. The summed E-state index contributed by atoms with van der Waals surface area (Å²) >= 11 is 0. The fraction of sp³-hybridized carbons (Fsp3) is 0.481. The molecule has 1 N–H and O–H groups in total. The summed E-state index contributed by atoms with van der Waals surface area (Å²) in [6.45, 7) is 13.9. The van der Waals surface area contributed by atoms with Gasteiger partial charge in [0.15, 0.2) is 0 Å². The first kappa shape index (κ1) is 31.9. The summed E-state index contributed by atoms with van der Waals surface area (Å²) in [4.78, 5) is 2.31. The van der Waals surface area contributed by atoms with Crippen molar-refractivity contribution in [2.24, 2.45) is 0 Å². The number of hydrazine groups is 1. The molecule has 2 aliphatic rings. The summed E-state index contributed by atoms with van der Waals surface area (Å²) in [5.74, 6) is 1.02. The van der Waals surface area contributed by atoms with Gasteiger partial charge in [-0.2, -0.15) is 5.10 Å². The molecule has 0 radical (unpaired) electrons. The van der Waals surface area contributed by atoms with Gasteiger partial charge >= 0.3 is 51.4 Å². The standard InChI is InChI=1S/C25H35N5O2.C2H6.K/c1-4-6-7-9-22(8-5-2)24-11-16-30(27-24)25(28-17-20-32-21-18-28)12-15-29-14-10-23(26-29)13-19-31-3;1-2;/h5-12,14-15,24,27H,4,13,17-21H2,1-3H3;1-2H3;/q-2;;+1/b7-6+,8-5-,22-9+,25-12-;;. The molecule has 0 bridgehead atoms. The Balaban J connectivity index is 0.00000199. The molecule has 1 aromatic heterocycles. The first-order valence-electron chi connectivity index (χ1n) is 12.3. The van der Waals surface area contributed by atoms with Gasteiger partial charge in [-0.05, 0) is 18.9 Å². The molecule has 1 unspecified atom stereocenters. The third-order valence-corrected chi connectivity index (χ3v) is 5.18. The number of allylic oxidation sites excluding steroid dienone is 5. The molecule has 0 spiro atoms. The van der Waals surface area contributed by atoms with Crippen LogP contribution in [-0.4, -0.2) is 65.8 Å². The fourth-order valence-electron chi connectivity index (χ4n) is 3.49. The minimum Gasteiger partial charge on any atom is -0.409 e. The summed E-state index contributed by atoms with van der Waals surface area (Å²) in [5, 5.41) is 6.58. The van der Waals surface area contributed by atoms with Crippen molar-refractivity contribution in [3.63, 3.8) is 0 Å². The number of aromatic nitrogens is 2.